The summed E-state index contributed by atoms with van der Waals surface area (Å²) in [4.78, 5) is 2.50. The van der Waals surface area contributed by atoms with Crippen LogP contribution in [0.4, 0.5) is 0 Å². The Balaban J connectivity index is 0. The number of likely N-dealkylation sites (N-methyl/N-ethyl adjacent to an activating group) is 1. The molecule has 0 spiro atoms. The third kappa shape index (κ3) is 3.73. The second kappa shape index (κ2) is 6.62. The van der Waals surface area contributed by atoms with Crippen molar-refractivity contribution in [2.24, 2.45) is 0 Å². The lowest BCUT2D eigenvalue weighted by atomic mass is 10.2. The van der Waals surface area contributed by atoms with Crippen molar-refractivity contribution in [3.05, 3.63) is 0 Å². The van der Waals surface area contributed by atoms with Gasteiger partial charge in [-0.2, -0.15) is 0 Å². The predicted molar refractivity (Wildman–Crippen MR) is 53.0 cm³/mol. The van der Waals surface area contributed by atoms with Gasteiger partial charge < -0.3 is 5.32 Å². The first-order valence-corrected chi connectivity index (χ1v) is 4.79. The molecule has 1 atom stereocenters. The molecular formula is C9H24N2. The molecule has 0 aliphatic carbocycles. The quantitative estimate of drug-likeness (QED) is 0.626. The van der Waals surface area contributed by atoms with Crippen LogP contribution in [0.2, 0.25) is 0 Å². The van der Waals surface area contributed by atoms with Crippen molar-refractivity contribution in [2.75, 3.05) is 26.2 Å². The van der Waals surface area contributed by atoms with Crippen molar-refractivity contribution in [3.63, 3.8) is 0 Å². The third-order valence-electron chi connectivity index (χ3n) is 2.05. The minimum Gasteiger partial charge on any atom is -0.314 e. The van der Waals surface area contributed by atoms with Gasteiger partial charge in [-0.1, -0.05) is 20.8 Å². The molecule has 1 heterocycles. The highest BCUT2D eigenvalue weighted by Crippen LogP contribution is 1.99. The van der Waals surface area contributed by atoms with E-state index in [1.807, 2.05) is 13.8 Å². The molecule has 11 heavy (non-hydrogen) atoms. The van der Waals surface area contributed by atoms with E-state index in [9.17, 15) is 0 Å². The predicted octanol–water partition coefficient (Wildman–Crippen LogP) is 1.57. The van der Waals surface area contributed by atoms with Crippen LogP contribution < -0.4 is 5.32 Å². The zero-order valence-electron chi connectivity index (χ0n) is 8.35. The Morgan fingerprint density at radius 2 is 2.18 bits per heavy atom. The van der Waals surface area contributed by atoms with Gasteiger partial charge in [-0.25, -0.2) is 0 Å². The van der Waals surface area contributed by atoms with E-state index >= 15 is 0 Å². The van der Waals surface area contributed by atoms with E-state index < -0.39 is 0 Å². The molecule has 0 radical (unpaired) electrons. The molecule has 1 N–H and O–H groups in total. The van der Waals surface area contributed by atoms with Crippen LogP contribution in [0.1, 0.15) is 29.1 Å². The molecule has 0 bridgehead atoms. The Labute approximate surface area is 72.5 Å². The summed E-state index contributed by atoms with van der Waals surface area (Å²) in [6, 6.07) is 0.740. The van der Waals surface area contributed by atoms with E-state index in [4.69, 9.17) is 0 Å². The lowest BCUT2D eigenvalue weighted by molar-refractivity contribution is 0.183. The molecule has 1 saturated heterocycles. The Morgan fingerprint density at radius 1 is 1.55 bits per heavy atom. The van der Waals surface area contributed by atoms with Crippen molar-refractivity contribution in [1.29, 1.82) is 0 Å². The number of nitrogens with one attached hydrogen (secondary N) is 1. The van der Waals surface area contributed by atoms with Crippen molar-refractivity contribution < 1.29 is 1.43 Å². The first kappa shape index (κ1) is 10.9. The maximum Gasteiger partial charge on any atom is 0.0192 e. The van der Waals surface area contributed by atoms with Crippen LogP contribution in [-0.2, 0) is 0 Å². The smallest absolute Gasteiger partial charge is 0.0192 e. The van der Waals surface area contributed by atoms with Crippen LogP contribution in [0.15, 0.2) is 0 Å². The van der Waals surface area contributed by atoms with Gasteiger partial charge in [-0.15, -0.1) is 0 Å². The Bertz CT molecular complexity index is 88.6. The summed E-state index contributed by atoms with van der Waals surface area (Å²) in [7, 11) is 0. The lowest BCUT2D eigenvalue weighted by Gasteiger charge is -2.32. The third-order valence-corrected chi connectivity index (χ3v) is 2.05. The Hall–Kier alpha value is -0.0800. The minimum absolute atomic E-state index is 0. The minimum atomic E-state index is 0. The molecule has 2 heteroatoms. The molecular weight excluding hydrogens is 136 g/mol. The zero-order valence-corrected chi connectivity index (χ0v) is 8.35. The molecule has 0 amide bonds. The Morgan fingerprint density at radius 3 is 2.55 bits per heavy atom. The van der Waals surface area contributed by atoms with Crippen LogP contribution in [-0.4, -0.2) is 37.1 Å². The van der Waals surface area contributed by atoms with Gasteiger partial charge in [0.05, 0.1) is 0 Å². The molecule has 0 aromatic heterocycles. The Kier molecular flexibility index (Phi) is 6.57. The molecule has 0 saturated carbocycles. The van der Waals surface area contributed by atoms with E-state index in [0.29, 0.717) is 0 Å². The summed E-state index contributed by atoms with van der Waals surface area (Å²) in [5.74, 6) is 0. The van der Waals surface area contributed by atoms with E-state index in [-0.39, 0.29) is 1.43 Å². The van der Waals surface area contributed by atoms with Gasteiger partial charge in [-0.05, 0) is 13.5 Å². The maximum atomic E-state index is 3.36. The van der Waals surface area contributed by atoms with Gasteiger partial charge in [0.15, 0.2) is 0 Å². The maximum absolute atomic E-state index is 3.36. The molecule has 1 aliphatic rings. The summed E-state index contributed by atoms with van der Waals surface area (Å²) in [5, 5.41) is 3.36. The van der Waals surface area contributed by atoms with E-state index in [2.05, 4.69) is 24.1 Å². The molecule has 1 fully saturated rings. The number of hydrogen-bond acceptors (Lipinski definition) is 2. The first-order chi connectivity index (χ1) is 5.34. The lowest BCUT2D eigenvalue weighted by Crippen LogP contribution is -2.49. The number of piperazine rings is 1. The highest BCUT2D eigenvalue weighted by atomic mass is 15.2. The largest absolute Gasteiger partial charge is 0.314 e. The van der Waals surface area contributed by atoms with Gasteiger partial charge in [0.25, 0.3) is 0 Å². The molecule has 1 aliphatic heterocycles. The fraction of sp³-hybridized carbons (Fsp3) is 1.00. The fourth-order valence-electron chi connectivity index (χ4n) is 1.35. The van der Waals surface area contributed by atoms with Crippen molar-refractivity contribution in [3.8, 4) is 0 Å². The zero-order chi connectivity index (χ0) is 8.69. The average Bonchev–Trinajstić information content (AvgIpc) is 2.09. The monoisotopic (exact) mass is 160 g/mol. The van der Waals surface area contributed by atoms with E-state index in [1.165, 1.54) is 13.1 Å². The highest BCUT2D eigenvalue weighted by molar-refractivity contribution is 4.74. The summed E-state index contributed by atoms with van der Waals surface area (Å²) < 4.78 is 0. The SMILES string of the molecule is CC.CCN1CCNCC1C.[HH]. The highest BCUT2D eigenvalue weighted by Gasteiger charge is 2.14. The molecule has 1 rings (SSSR count). The fourth-order valence-corrected chi connectivity index (χ4v) is 1.35. The number of hydrogen-bond donors (Lipinski definition) is 1. The van der Waals surface area contributed by atoms with Gasteiger partial charge in [0.1, 0.15) is 0 Å². The van der Waals surface area contributed by atoms with Crippen LogP contribution in [0.3, 0.4) is 0 Å². The van der Waals surface area contributed by atoms with Crippen LogP contribution in [0.5, 0.6) is 0 Å². The molecule has 0 aromatic rings. The topological polar surface area (TPSA) is 15.3 Å². The van der Waals surface area contributed by atoms with Gasteiger partial charge >= 0.3 is 0 Å². The van der Waals surface area contributed by atoms with E-state index in [0.717, 1.165) is 19.1 Å². The summed E-state index contributed by atoms with van der Waals surface area (Å²) in [6.07, 6.45) is 0. The molecule has 1 unspecified atom stereocenters. The van der Waals surface area contributed by atoms with E-state index in [1.54, 1.807) is 0 Å². The first-order valence-electron chi connectivity index (χ1n) is 4.79. The molecule has 2 nitrogen and oxygen atoms in total. The molecule has 0 aromatic carbocycles. The molecule has 70 valence electrons. The van der Waals surface area contributed by atoms with Crippen LogP contribution in [0.25, 0.3) is 0 Å². The van der Waals surface area contributed by atoms with Gasteiger partial charge in [0, 0.05) is 27.1 Å². The summed E-state index contributed by atoms with van der Waals surface area (Å²) in [6.45, 7) is 13.2. The van der Waals surface area contributed by atoms with Crippen molar-refractivity contribution >= 4 is 0 Å². The number of nitrogens with zero attached hydrogens (tertiary/aromatic N) is 1. The standard InChI is InChI=1S/C7H16N2.C2H6.H2/c1-3-9-5-4-8-6-7(9)2;1-2;/h7-8H,3-6H2,1-2H3;1-2H3;1H. The average molecular weight is 160 g/mol. The second-order valence-corrected chi connectivity index (χ2v) is 2.68. The summed E-state index contributed by atoms with van der Waals surface area (Å²) >= 11 is 0. The van der Waals surface area contributed by atoms with Gasteiger partial charge in [0.2, 0.25) is 0 Å². The second-order valence-electron chi connectivity index (χ2n) is 2.68. The van der Waals surface area contributed by atoms with Crippen LogP contribution >= 0.6 is 0 Å². The summed E-state index contributed by atoms with van der Waals surface area (Å²) in [5.41, 5.74) is 0. The normalized spacial score (nSPS) is 25.6. The van der Waals surface area contributed by atoms with Crippen LogP contribution in [0, 0.1) is 0 Å². The van der Waals surface area contributed by atoms with Crippen molar-refractivity contribution in [1.82, 2.24) is 10.2 Å². The van der Waals surface area contributed by atoms with Gasteiger partial charge in [-0.3, -0.25) is 4.90 Å². The van der Waals surface area contributed by atoms with Crippen molar-refractivity contribution in [2.45, 2.75) is 33.7 Å². The number of rotatable bonds is 1.